The fourth-order valence-electron chi connectivity index (χ4n) is 5.43. The minimum atomic E-state index is -4.96. The number of amides is 2. The Kier molecular flexibility index (Phi) is 9.20. The average molecular weight is 622 g/mol. The van der Waals surface area contributed by atoms with Gasteiger partial charge in [-0.25, -0.2) is 9.18 Å². The lowest BCUT2D eigenvalue weighted by molar-refractivity contribution is -0.138. The van der Waals surface area contributed by atoms with Crippen molar-refractivity contribution in [3.8, 4) is 0 Å². The largest absolute Gasteiger partial charge is 0.444 e. The van der Waals surface area contributed by atoms with Gasteiger partial charge in [0.1, 0.15) is 11.4 Å². The molecule has 44 heavy (non-hydrogen) atoms. The number of halogens is 4. The van der Waals surface area contributed by atoms with Gasteiger partial charge in [0.2, 0.25) is 0 Å². The quantitative estimate of drug-likeness (QED) is 0.464. The first-order valence-corrected chi connectivity index (χ1v) is 14.4. The number of nitrogens with one attached hydrogen (secondary N) is 1. The molecule has 3 heterocycles. The zero-order valence-corrected chi connectivity index (χ0v) is 26.0. The van der Waals surface area contributed by atoms with E-state index >= 15 is 4.39 Å². The lowest BCUT2D eigenvalue weighted by atomic mass is 9.98. The van der Waals surface area contributed by atoms with Gasteiger partial charge in [-0.2, -0.15) is 13.2 Å². The van der Waals surface area contributed by atoms with E-state index in [-0.39, 0.29) is 29.9 Å². The van der Waals surface area contributed by atoms with Gasteiger partial charge < -0.3 is 24.4 Å². The molecule has 0 radical (unpaired) electrons. The summed E-state index contributed by atoms with van der Waals surface area (Å²) in [7, 11) is 3.23. The van der Waals surface area contributed by atoms with Crippen LogP contribution in [0.15, 0.2) is 35.3 Å². The van der Waals surface area contributed by atoms with Gasteiger partial charge >= 0.3 is 12.3 Å². The first-order chi connectivity index (χ1) is 20.4. The van der Waals surface area contributed by atoms with Crippen LogP contribution in [0.4, 0.5) is 33.7 Å². The molecule has 1 fully saturated rings. The predicted molar refractivity (Wildman–Crippen MR) is 160 cm³/mol. The molecule has 2 aliphatic rings. The Labute approximate surface area is 254 Å². The van der Waals surface area contributed by atoms with E-state index in [1.165, 1.54) is 24.1 Å². The van der Waals surface area contributed by atoms with E-state index < -0.39 is 46.3 Å². The molecular formula is C31H39F4N5O4. The summed E-state index contributed by atoms with van der Waals surface area (Å²) in [5.74, 6) is -1.71. The third kappa shape index (κ3) is 7.25. The van der Waals surface area contributed by atoms with Crippen LogP contribution >= 0.6 is 0 Å². The number of aromatic nitrogens is 1. The second-order valence-corrected chi connectivity index (χ2v) is 12.5. The minimum Gasteiger partial charge on any atom is -0.444 e. The van der Waals surface area contributed by atoms with Gasteiger partial charge in [-0.15, -0.1) is 0 Å². The summed E-state index contributed by atoms with van der Waals surface area (Å²) in [6, 6.07) is 3.18. The van der Waals surface area contributed by atoms with Gasteiger partial charge in [-0.3, -0.25) is 14.5 Å². The van der Waals surface area contributed by atoms with Gasteiger partial charge in [0.05, 0.1) is 22.5 Å². The minimum absolute atomic E-state index is 0.0418. The zero-order chi connectivity index (χ0) is 32.7. The Morgan fingerprint density at radius 1 is 1.02 bits per heavy atom. The molecule has 4 rings (SSSR count). The van der Waals surface area contributed by atoms with Crippen LogP contribution < -0.4 is 15.8 Å². The Bertz CT molecular complexity index is 1520. The monoisotopic (exact) mass is 621 g/mol. The molecule has 2 aromatic rings. The highest BCUT2D eigenvalue weighted by Crippen LogP contribution is 2.37. The molecule has 2 aliphatic heterocycles. The molecule has 2 amide bonds. The Morgan fingerprint density at radius 3 is 2.25 bits per heavy atom. The maximum atomic E-state index is 15.9. The summed E-state index contributed by atoms with van der Waals surface area (Å²) >= 11 is 0. The number of aryl methyl sites for hydroxylation is 1. The third-order valence-electron chi connectivity index (χ3n) is 7.96. The first-order valence-electron chi connectivity index (χ1n) is 14.4. The second-order valence-electron chi connectivity index (χ2n) is 12.5. The molecule has 240 valence electrons. The molecule has 0 saturated carbocycles. The highest BCUT2D eigenvalue weighted by atomic mass is 19.4. The van der Waals surface area contributed by atoms with Crippen LogP contribution in [-0.4, -0.2) is 77.3 Å². The van der Waals surface area contributed by atoms with Crippen molar-refractivity contribution in [1.82, 2.24) is 14.4 Å². The van der Waals surface area contributed by atoms with Gasteiger partial charge in [-0.1, -0.05) is 6.08 Å². The van der Waals surface area contributed by atoms with E-state index in [0.29, 0.717) is 43.4 Å². The van der Waals surface area contributed by atoms with Gasteiger partial charge in [0.15, 0.2) is 0 Å². The number of pyridine rings is 1. The highest BCUT2D eigenvalue weighted by Gasteiger charge is 2.37. The predicted octanol–water partition coefficient (Wildman–Crippen LogP) is 5.35. The lowest BCUT2D eigenvalue weighted by Crippen LogP contribution is -2.55. The summed E-state index contributed by atoms with van der Waals surface area (Å²) in [5, 5.41) is 2.59. The maximum absolute atomic E-state index is 15.9. The van der Waals surface area contributed by atoms with Crippen molar-refractivity contribution in [2.24, 2.45) is 7.05 Å². The van der Waals surface area contributed by atoms with E-state index in [4.69, 9.17) is 4.74 Å². The van der Waals surface area contributed by atoms with Crippen LogP contribution in [-0.2, 0) is 18.0 Å². The molecule has 0 spiro atoms. The van der Waals surface area contributed by atoms with E-state index in [9.17, 15) is 27.6 Å². The molecule has 13 heteroatoms. The number of carbonyl (C=O) groups is 2. The van der Waals surface area contributed by atoms with Crippen molar-refractivity contribution in [1.29, 1.82) is 0 Å². The van der Waals surface area contributed by atoms with Gasteiger partial charge in [-0.05, 0) is 65.8 Å². The lowest BCUT2D eigenvalue weighted by Gasteiger charge is -2.44. The third-order valence-corrected chi connectivity index (χ3v) is 7.96. The van der Waals surface area contributed by atoms with Crippen molar-refractivity contribution >= 4 is 28.9 Å². The normalized spacial score (nSPS) is 19.9. The van der Waals surface area contributed by atoms with Gasteiger partial charge in [0, 0.05) is 63.1 Å². The molecule has 1 saturated heterocycles. The summed E-state index contributed by atoms with van der Waals surface area (Å²) < 4.78 is 63.9. The van der Waals surface area contributed by atoms with Crippen molar-refractivity contribution in [2.75, 3.05) is 43.4 Å². The number of hydrogen-bond acceptors (Lipinski definition) is 6. The fraction of sp³-hybridized carbons (Fsp3) is 0.516. The summed E-state index contributed by atoms with van der Waals surface area (Å²) in [6.45, 7) is 10.6. The summed E-state index contributed by atoms with van der Waals surface area (Å²) in [6.07, 6.45) is -2.45. The van der Waals surface area contributed by atoms with Crippen molar-refractivity contribution in [3.63, 3.8) is 0 Å². The number of piperazine rings is 1. The second kappa shape index (κ2) is 12.3. The molecule has 1 aromatic carbocycles. The van der Waals surface area contributed by atoms with E-state index in [0.717, 1.165) is 10.8 Å². The molecule has 2 atom stereocenters. The van der Waals surface area contributed by atoms with E-state index in [1.54, 1.807) is 26.8 Å². The number of ether oxygens (including phenoxy) is 1. The highest BCUT2D eigenvalue weighted by molar-refractivity contribution is 6.07. The van der Waals surface area contributed by atoms with Crippen LogP contribution in [0.25, 0.3) is 5.57 Å². The van der Waals surface area contributed by atoms with Crippen LogP contribution in [0.2, 0.25) is 0 Å². The van der Waals surface area contributed by atoms with Gasteiger partial charge in [0.25, 0.3) is 11.5 Å². The SMILES string of the molecule is C[C@@H]1CN(c2cc(F)c(C3=CCCN(C(=O)OC(C)(C)C)C3)cc2NC(=O)c2cn(C)c(=O)cc2C(F)(F)F)C[C@H](C)N1C. The number of benzene rings is 1. The van der Waals surface area contributed by atoms with Crippen molar-refractivity contribution in [2.45, 2.75) is 64.9 Å². The van der Waals surface area contributed by atoms with Crippen LogP contribution in [0.3, 0.4) is 0 Å². The maximum Gasteiger partial charge on any atom is 0.417 e. The molecular weight excluding hydrogens is 582 g/mol. The number of nitrogens with zero attached hydrogens (tertiary/aromatic N) is 4. The van der Waals surface area contributed by atoms with E-state index in [1.807, 2.05) is 25.8 Å². The molecule has 9 nitrogen and oxygen atoms in total. The topological polar surface area (TPSA) is 87.1 Å². The Hall–Kier alpha value is -3.87. The number of carbonyl (C=O) groups excluding carboxylic acids is 2. The van der Waals surface area contributed by atoms with Crippen LogP contribution in [0, 0.1) is 5.82 Å². The smallest absolute Gasteiger partial charge is 0.417 e. The number of hydrogen-bond donors (Lipinski definition) is 1. The molecule has 1 aromatic heterocycles. The first kappa shape index (κ1) is 33.0. The zero-order valence-electron chi connectivity index (χ0n) is 26.0. The number of rotatable bonds is 4. The Balaban J connectivity index is 1.77. The number of alkyl halides is 3. The van der Waals surface area contributed by atoms with Crippen molar-refractivity contribution < 1.29 is 31.9 Å². The molecule has 0 aliphatic carbocycles. The number of likely N-dealkylation sites (N-methyl/N-ethyl adjacent to an activating group) is 1. The fourth-order valence-corrected chi connectivity index (χ4v) is 5.43. The molecule has 0 bridgehead atoms. The van der Waals surface area contributed by atoms with Crippen LogP contribution in [0.1, 0.15) is 62.5 Å². The van der Waals surface area contributed by atoms with Crippen molar-refractivity contribution in [3.05, 3.63) is 63.3 Å². The molecule has 0 unspecified atom stereocenters. The average Bonchev–Trinajstić information content (AvgIpc) is 2.92. The van der Waals surface area contributed by atoms with E-state index in [2.05, 4.69) is 10.2 Å². The summed E-state index contributed by atoms with van der Waals surface area (Å²) in [4.78, 5) is 43.8. The Morgan fingerprint density at radius 2 is 1.66 bits per heavy atom. The van der Waals surface area contributed by atoms with Crippen LogP contribution in [0.5, 0.6) is 0 Å². The number of anilines is 2. The standard InChI is InChI=1S/C31H39F4N5O4/c1-18-14-40(15-19(2)38(18)7)26-13-24(32)21(20-9-8-10-39(16-20)29(43)44-30(3,4)5)11-25(26)36-28(42)22-17-37(6)27(41)12-23(22)31(33,34)35/h9,11-13,17-19H,8,10,14-16H2,1-7H3,(H,36,42)/t18-,19+. The summed E-state index contributed by atoms with van der Waals surface area (Å²) in [5.41, 5.74) is -2.77. The molecule has 1 N–H and O–H groups in total.